The van der Waals surface area contributed by atoms with E-state index in [1.54, 1.807) is 0 Å². The van der Waals surface area contributed by atoms with Crippen molar-refractivity contribution in [2.75, 3.05) is 0 Å². The van der Waals surface area contributed by atoms with Crippen molar-refractivity contribution in [3.05, 3.63) is 24.3 Å². The molecule has 2 atom stereocenters. The topological polar surface area (TPSA) is 12.5 Å². The molecule has 2 unspecified atom stereocenters. The lowest BCUT2D eigenvalue weighted by Crippen LogP contribution is -1.93. The van der Waals surface area contributed by atoms with Crippen LogP contribution in [0.15, 0.2) is 24.3 Å². The molecule has 0 aromatic carbocycles. The van der Waals surface area contributed by atoms with Crippen molar-refractivity contribution in [2.24, 2.45) is 0 Å². The van der Waals surface area contributed by atoms with Crippen LogP contribution in [0.1, 0.15) is 38.5 Å². The second-order valence-corrected chi connectivity index (χ2v) is 3.89. The van der Waals surface area contributed by atoms with E-state index in [4.69, 9.17) is 4.74 Å². The van der Waals surface area contributed by atoms with Crippen LogP contribution in [0.3, 0.4) is 0 Å². The van der Waals surface area contributed by atoms with E-state index >= 15 is 0 Å². The third-order valence-corrected chi connectivity index (χ3v) is 2.76. The summed E-state index contributed by atoms with van der Waals surface area (Å²) < 4.78 is 5.56. The van der Waals surface area contributed by atoms with E-state index in [-0.39, 0.29) is 0 Å². The maximum absolute atomic E-state index is 5.56. The Morgan fingerprint density at radius 2 is 1.15 bits per heavy atom. The Bertz CT molecular complexity index is 183. The number of allylic oxidation sites excluding steroid dienone is 4. The van der Waals surface area contributed by atoms with Gasteiger partial charge in [-0.25, -0.2) is 0 Å². The third kappa shape index (κ3) is 3.00. The minimum Gasteiger partial charge on any atom is -0.370 e. The van der Waals surface area contributed by atoms with Crippen LogP contribution in [0.2, 0.25) is 0 Å². The van der Waals surface area contributed by atoms with Crippen LogP contribution >= 0.6 is 0 Å². The van der Waals surface area contributed by atoms with E-state index in [1.165, 1.54) is 38.5 Å². The Balaban J connectivity index is 1.80. The van der Waals surface area contributed by atoms with Crippen LogP contribution < -0.4 is 0 Å². The molecule has 0 N–H and O–H groups in total. The molecule has 0 aromatic rings. The van der Waals surface area contributed by atoms with Gasteiger partial charge >= 0.3 is 0 Å². The zero-order valence-electron chi connectivity index (χ0n) is 8.11. The smallest absolute Gasteiger partial charge is 0.0845 e. The Morgan fingerprint density at radius 1 is 0.692 bits per heavy atom. The van der Waals surface area contributed by atoms with Crippen molar-refractivity contribution in [1.29, 1.82) is 0 Å². The standard InChI is InChI=1S/C12H18O/c1-2-4-6-8-10-12-11(13-12)9-7-5-3-1/h3-6,11-12H,1-2,7-10H2/b5-3+,6-4+. The minimum absolute atomic E-state index is 0.581. The minimum atomic E-state index is 0.581. The van der Waals surface area contributed by atoms with Crippen LogP contribution in [-0.4, -0.2) is 12.2 Å². The first-order valence-electron chi connectivity index (χ1n) is 5.42. The predicted molar refractivity (Wildman–Crippen MR) is 54.6 cm³/mol. The quantitative estimate of drug-likeness (QED) is 0.410. The first-order valence-corrected chi connectivity index (χ1v) is 5.42. The summed E-state index contributed by atoms with van der Waals surface area (Å²) in [5.41, 5.74) is 0. The molecule has 13 heavy (non-hydrogen) atoms. The summed E-state index contributed by atoms with van der Waals surface area (Å²) in [4.78, 5) is 0. The molecule has 1 fully saturated rings. The zero-order valence-corrected chi connectivity index (χ0v) is 8.11. The Kier molecular flexibility index (Phi) is 3.20. The monoisotopic (exact) mass is 178 g/mol. The summed E-state index contributed by atoms with van der Waals surface area (Å²) in [5.74, 6) is 0. The van der Waals surface area contributed by atoms with Gasteiger partial charge in [-0.2, -0.15) is 0 Å². The van der Waals surface area contributed by atoms with Crippen molar-refractivity contribution >= 4 is 0 Å². The van der Waals surface area contributed by atoms with Gasteiger partial charge in [0.25, 0.3) is 0 Å². The Hall–Kier alpha value is -0.560. The molecular weight excluding hydrogens is 160 g/mol. The molecular formula is C12H18O. The van der Waals surface area contributed by atoms with E-state index in [0.717, 1.165) is 0 Å². The fourth-order valence-corrected chi connectivity index (χ4v) is 1.87. The van der Waals surface area contributed by atoms with Gasteiger partial charge in [-0.15, -0.1) is 0 Å². The molecule has 72 valence electrons. The molecule has 0 amide bonds. The molecule has 1 heterocycles. The van der Waals surface area contributed by atoms with E-state index in [2.05, 4.69) is 24.3 Å². The molecule has 1 saturated heterocycles. The summed E-state index contributed by atoms with van der Waals surface area (Å²) in [7, 11) is 0. The van der Waals surface area contributed by atoms with Crippen molar-refractivity contribution < 1.29 is 4.74 Å². The largest absolute Gasteiger partial charge is 0.370 e. The average Bonchev–Trinajstić information content (AvgIpc) is 2.83. The summed E-state index contributed by atoms with van der Waals surface area (Å²) in [6.07, 6.45) is 17.6. The van der Waals surface area contributed by atoms with Crippen molar-refractivity contribution in [2.45, 2.75) is 50.7 Å². The van der Waals surface area contributed by atoms with Gasteiger partial charge in [-0.1, -0.05) is 24.3 Å². The van der Waals surface area contributed by atoms with Gasteiger partial charge in [0.2, 0.25) is 0 Å². The van der Waals surface area contributed by atoms with Crippen LogP contribution in [0.4, 0.5) is 0 Å². The number of hydrogen-bond acceptors (Lipinski definition) is 1. The maximum atomic E-state index is 5.56. The molecule has 1 aliphatic carbocycles. The van der Waals surface area contributed by atoms with E-state index < -0.39 is 0 Å². The van der Waals surface area contributed by atoms with Crippen molar-refractivity contribution in [3.63, 3.8) is 0 Å². The number of rotatable bonds is 0. The maximum Gasteiger partial charge on any atom is 0.0845 e. The molecule has 0 radical (unpaired) electrons. The van der Waals surface area contributed by atoms with Gasteiger partial charge in [0.1, 0.15) is 0 Å². The lowest BCUT2D eigenvalue weighted by Gasteiger charge is -1.94. The van der Waals surface area contributed by atoms with Gasteiger partial charge in [0.05, 0.1) is 12.2 Å². The average molecular weight is 178 g/mol. The number of ether oxygens (including phenoxy) is 1. The van der Waals surface area contributed by atoms with E-state index in [0.29, 0.717) is 12.2 Å². The molecule has 1 nitrogen and oxygen atoms in total. The molecule has 0 aromatic heterocycles. The lowest BCUT2D eigenvalue weighted by molar-refractivity contribution is 0.357. The molecule has 1 heteroatoms. The van der Waals surface area contributed by atoms with Gasteiger partial charge in [-0.3, -0.25) is 0 Å². The third-order valence-electron chi connectivity index (χ3n) is 2.76. The van der Waals surface area contributed by atoms with Gasteiger partial charge < -0.3 is 4.74 Å². The fourth-order valence-electron chi connectivity index (χ4n) is 1.87. The molecule has 2 aliphatic rings. The highest BCUT2D eigenvalue weighted by molar-refractivity contribution is 4.94. The SMILES string of the molecule is C1=C/CCC2OC2CC/C=C/CC/1. The second kappa shape index (κ2) is 4.61. The fraction of sp³-hybridized carbons (Fsp3) is 0.667. The Morgan fingerprint density at radius 3 is 1.69 bits per heavy atom. The van der Waals surface area contributed by atoms with Crippen LogP contribution in [0.5, 0.6) is 0 Å². The van der Waals surface area contributed by atoms with E-state index in [9.17, 15) is 0 Å². The lowest BCUT2D eigenvalue weighted by atomic mass is 10.1. The molecule has 1 aliphatic heterocycles. The first kappa shape index (κ1) is 9.01. The summed E-state index contributed by atoms with van der Waals surface area (Å²) >= 11 is 0. The number of fused-ring (bicyclic) bond motifs is 1. The predicted octanol–water partition coefficient (Wildman–Crippen LogP) is 3.22. The van der Waals surface area contributed by atoms with Crippen LogP contribution in [0, 0.1) is 0 Å². The molecule has 0 bridgehead atoms. The molecule has 0 saturated carbocycles. The normalized spacial score (nSPS) is 39.4. The number of epoxide rings is 1. The summed E-state index contributed by atoms with van der Waals surface area (Å²) in [6.45, 7) is 0. The van der Waals surface area contributed by atoms with Crippen molar-refractivity contribution in [1.82, 2.24) is 0 Å². The molecule has 2 rings (SSSR count). The number of hydrogen-bond donors (Lipinski definition) is 0. The van der Waals surface area contributed by atoms with Gasteiger partial charge in [0, 0.05) is 0 Å². The summed E-state index contributed by atoms with van der Waals surface area (Å²) in [6, 6.07) is 0. The highest BCUT2D eigenvalue weighted by atomic mass is 16.6. The Labute approximate surface area is 80.5 Å². The van der Waals surface area contributed by atoms with E-state index in [1.807, 2.05) is 0 Å². The molecule has 0 spiro atoms. The zero-order chi connectivity index (χ0) is 8.93. The second-order valence-electron chi connectivity index (χ2n) is 3.89. The summed E-state index contributed by atoms with van der Waals surface area (Å²) in [5, 5.41) is 0. The van der Waals surface area contributed by atoms with Crippen LogP contribution in [-0.2, 0) is 4.74 Å². The first-order chi connectivity index (χ1) is 6.47. The highest BCUT2D eigenvalue weighted by Crippen LogP contribution is 2.30. The highest BCUT2D eigenvalue weighted by Gasteiger charge is 2.36. The van der Waals surface area contributed by atoms with Crippen LogP contribution in [0.25, 0.3) is 0 Å². The van der Waals surface area contributed by atoms with Gasteiger partial charge in [0.15, 0.2) is 0 Å². The van der Waals surface area contributed by atoms with Crippen molar-refractivity contribution in [3.8, 4) is 0 Å². The van der Waals surface area contributed by atoms with Gasteiger partial charge in [-0.05, 0) is 38.5 Å².